The predicted octanol–water partition coefficient (Wildman–Crippen LogP) is 2.69. The van der Waals surface area contributed by atoms with Crippen molar-refractivity contribution in [2.45, 2.75) is 0 Å². The van der Waals surface area contributed by atoms with Crippen LogP contribution in [0.1, 0.15) is 10.4 Å². The second-order valence-corrected chi connectivity index (χ2v) is 5.74. The number of benzene rings is 2. The van der Waals surface area contributed by atoms with Gasteiger partial charge in [0.05, 0.1) is 36.6 Å². The minimum Gasteiger partial charge on any atom is -0.497 e. The second kappa shape index (κ2) is 7.83. The molecule has 136 valence electrons. The van der Waals surface area contributed by atoms with Gasteiger partial charge in [-0.25, -0.2) is 0 Å². The van der Waals surface area contributed by atoms with E-state index in [1.54, 1.807) is 30.3 Å². The molecule has 1 saturated heterocycles. The van der Waals surface area contributed by atoms with E-state index in [2.05, 4.69) is 5.32 Å². The van der Waals surface area contributed by atoms with E-state index in [9.17, 15) is 14.9 Å². The molecule has 2 aromatic carbocycles. The molecule has 8 nitrogen and oxygen atoms in total. The van der Waals surface area contributed by atoms with Crippen molar-refractivity contribution < 1.29 is 19.2 Å². The smallest absolute Gasteiger partial charge is 0.271 e. The second-order valence-electron chi connectivity index (χ2n) is 5.74. The Bertz CT molecular complexity index is 818. The molecule has 0 aromatic heterocycles. The molecule has 1 aliphatic rings. The Morgan fingerprint density at radius 1 is 1.23 bits per heavy atom. The SMILES string of the molecule is COc1cccc(C(=O)Nc2ccc([N+](=O)[O-])cc2N2CCOCC2)c1. The third kappa shape index (κ3) is 3.92. The molecule has 0 bridgehead atoms. The molecule has 0 radical (unpaired) electrons. The standard InChI is InChI=1S/C18H19N3O5/c1-25-15-4-2-3-13(11-15)18(22)19-16-6-5-14(21(23)24)12-17(16)20-7-9-26-10-8-20/h2-6,11-12H,7-10H2,1H3,(H,19,22). The minimum atomic E-state index is -0.447. The fourth-order valence-corrected chi connectivity index (χ4v) is 2.76. The highest BCUT2D eigenvalue weighted by Gasteiger charge is 2.20. The van der Waals surface area contributed by atoms with Crippen LogP contribution in [0.4, 0.5) is 17.1 Å². The average molecular weight is 357 g/mol. The van der Waals surface area contributed by atoms with Gasteiger partial charge in [-0.05, 0) is 24.3 Å². The molecule has 0 saturated carbocycles. The summed E-state index contributed by atoms with van der Waals surface area (Å²) in [5.41, 5.74) is 1.55. The Morgan fingerprint density at radius 2 is 2.00 bits per heavy atom. The number of nitro groups is 1. The van der Waals surface area contributed by atoms with Crippen LogP contribution >= 0.6 is 0 Å². The molecule has 1 aliphatic heterocycles. The molecule has 26 heavy (non-hydrogen) atoms. The first-order valence-electron chi connectivity index (χ1n) is 8.15. The fraction of sp³-hybridized carbons (Fsp3) is 0.278. The van der Waals surface area contributed by atoms with Gasteiger partial charge in [-0.1, -0.05) is 6.07 Å². The zero-order valence-electron chi connectivity index (χ0n) is 14.3. The molecule has 8 heteroatoms. The van der Waals surface area contributed by atoms with E-state index in [1.165, 1.54) is 19.2 Å². The van der Waals surface area contributed by atoms with Crippen molar-refractivity contribution in [2.24, 2.45) is 0 Å². The number of ether oxygens (including phenoxy) is 2. The van der Waals surface area contributed by atoms with Crippen molar-refractivity contribution in [1.82, 2.24) is 0 Å². The lowest BCUT2D eigenvalue weighted by molar-refractivity contribution is -0.384. The van der Waals surface area contributed by atoms with Gasteiger partial charge in [0.2, 0.25) is 0 Å². The van der Waals surface area contributed by atoms with Crippen molar-refractivity contribution in [2.75, 3.05) is 43.6 Å². The Kier molecular flexibility index (Phi) is 5.33. The Balaban J connectivity index is 1.90. The number of rotatable bonds is 5. The quantitative estimate of drug-likeness (QED) is 0.653. The maximum Gasteiger partial charge on any atom is 0.271 e. The van der Waals surface area contributed by atoms with Crippen LogP contribution in [0, 0.1) is 10.1 Å². The summed E-state index contributed by atoms with van der Waals surface area (Å²) in [7, 11) is 1.53. The number of anilines is 2. The summed E-state index contributed by atoms with van der Waals surface area (Å²) in [5, 5.41) is 14.0. The number of carbonyl (C=O) groups excluding carboxylic acids is 1. The van der Waals surface area contributed by atoms with Gasteiger partial charge >= 0.3 is 0 Å². The molecule has 1 amide bonds. The number of carbonyl (C=O) groups is 1. The lowest BCUT2D eigenvalue weighted by Gasteiger charge is -2.30. The monoisotopic (exact) mass is 357 g/mol. The van der Waals surface area contributed by atoms with Gasteiger partial charge in [0.15, 0.2) is 0 Å². The molecule has 0 atom stereocenters. The van der Waals surface area contributed by atoms with Gasteiger partial charge in [0.25, 0.3) is 11.6 Å². The Morgan fingerprint density at radius 3 is 2.69 bits per heavy atom. The first-order chi connectivity index (χ1) is 12.6. The minimum absolute atomic E-state index is 0.0223. The van der Waals surface area contributed by atoms with Crippen molar-refractivity contribution in [1.29, 1.82) is 0 Å². The summed E-state index contributed by atoms with van der Waals surface area (Å²) in [6, 6.07) is 11.2. The van der Waals surface area contributed by atoms with E-state index < -0.39 is 4.92 Å². The van der Waals surface area contributed by atoms with Crippen LogP contribution in [0.2, 0.25) is 0 Å². The van der Waals surface area contributed by atoms with Gasteiger partial charge < -0.3 is 19.7 Å². The van der Waals surface area contributed by atoms with Gasteiger partial charge in [-0.3, -0.25) is 14.9 Å². The molecule has 1 N–H and O–H groups in total. The molecular weight excluding hydrogens is 338 g/mol. The van der Waals surface area contributed by atoms with E-state index in [0.29, 0.717) is 49.0 Å². The van der Waals surface area contributed by atoms with E-state index in [4.69, 9.17) is 9.47 Å². The first kappa shape index (κ1) is 17.7. The molecule has 1 heterocycles. The maximum absolute atomic E-state index is 12.6. The predicted molar refractivity (Wildman–Crippen MR) is 97.1 cm³/mol. The van der Waals surface area contributed by atoms with Crippen LogP contribution in [-0.2, 0) is 4.74 Å². The average Bonchev–Trinajstić information content (AvgIpc) is 2.68. The van der Waals surface area contributed by atoms with Gasteiger partial charge in [0.1, 0.15) is 5.75 Å². The third-order valence-corrected chi connectivity index (χ3v) is 4.12. The molecule has 0 aliphatic carbocycles. The summed E-state index contributed by atoms with van der Waals surface area (Å²) in [6.07, 6.45) is 0. The zero-order chi connectivity index (χ0) is 18.5. The largest absolute Gasteiger partial charge is 0.497 e. The Hall–Kier alpha value is -3.13. The van der Waals surface area contributed by atoms with Crippen molar-refractivity contribution in [3.05, 3.63) is 58.1 Å². The molecule has 1 fully saturated rings. The molecule has 3 rings (SSSR count). The molecule has 2 aromatic rings. The van der Waals surface area contributed by atoms with Crippen molar-refractivity contribution >= 4 is 23.0 Å². The van der Waals surface area contributed by atoms with Crippen LogP contribution in [0.3, 0.4) is 0 Å². The van der Waals surface area contributed by atoms with Gasteiger partial charge in [-0.15, -0.1) is 0 Å². The van der Waals surface area contributed by atoms with E-state index >= 15 is 0 Å². The van der Waals surface area contributed by atoms with Crippen LogP contribution in [0.25, 0.3) is 0 Å². The highest BCUT2D eigenvalue weighted by Crippen LogP contribution is 2.31. The highest BCUT2D eigenvalue weighted by atomic mass is 16.6. The summed E-state index contributed by atoms with van der Waals surface area (Å²) in [5.74, 6) is 0.266. The van der Waals surface area contributed by atoms with Gasteiger partial charge in [-0.2, -0.15) is 0 Å². The van der Waals surface area contributed by atoms with Crippen molar-refractivity contribution in [3.63, 3.8) is 0 Å². The van der Waals surface area contributed by atoms with Crippen LogP contribution in [-0.4, -0.2) is 44.2 Å². The summed E-state index contributed by atoms with van der Waals surface area (Å²) in [6.45, 7) is 2.27. The molecule has 0 unspecified atom stereocenters. The number of morpholine rings is 1. The normalized spacial score (nSPS) is 14.0. The number of methoxy groups -OCH3 is 1. The zero-order valence-corrected chi connectivity index (χ0v) is 14.3. The topological polar surface area (TPSA) is 93.9 Å². The van der Waals surface area contributed by atoms with E-state index in [0.717, 1.165) is 0 Å². The molecule has 0 spiro atoms. The van der Waals surface area contributed by atoms with Crippen molar-refractivity contribution in [3.8, 4) is 5.75 Å². The number of nitrogens with one attached hydrogen (secondary N) is 1. The number of non-ortho nitro benzene ring substituents is 1. The summed E-state index contributed by atoms with van der Waals surface area (Å²) >= 11 is 0. The van der Waals surface area contributed by atoms with Crippen LogP contribution in [0.15, 0.2) is 42.5 Å². The number of nitro benzene ring substituents is 1. The maximum atomic E-state index is 12.6. The van der Waals surface area contributed by atoms with E-state index in [1.807, 2.05) is 4.90 Å². The number of nitrogens with zero attached hydrogens (tertiary/aromatic N) is 2. The van der Waals surface area contributed by atoms with Gasteiger partial charge in [0, 0.05) is 30.8 Å². The first-order valence-corrected chi connectivity index (χ1v) is 8.15. The summed E-state index contributed by atoms with van der Waals surface area (Å²) in [4.78, 5) is 25.2. The fourth-order valence-electron chi connectivity index (χ4n) is 2.76. The number of hydrogen-bond acceptors (Lipinski definition) is 6. The lowest BCUT2D eigenvalue weighted by atomic mass is 10.1. The highest BCUT2D eigenvalue weighted by molar-refractivity contribution is 6.06. The number of hydrogen-bond donors (Lipinski definition) is 1. The molecular formula is C18H19N3O5. The lowest BCUT2D eigenvalue weighted by Crippen LogP contribution is -2.36. The summed E-state index contributed by atoms with van der Waals surface area (Å²) < 4.78 is 10.5. The van der Waals surface area contributed by atoms with E-state index in [-0.39, 0.29) is 11.6 Å². The van der Waals surface area contributed by atoms with Crippen LogP contribution < -0.4 is 15.0 Å². The van der Waals surface area contributed by atoms with Crippen LogP contribution in [0.5, 0.6) is 5.75 Å². The third-order valence-electron chi connectivity index (χ3n) is 4.12. The number of amides is 1. The Labute approximate surface area is 150 Å².